The van der Waals surface area contributed by atoms with Crippen LogP contribution in [0.2, 0.25) is 0 Å². The van der Waals surface area contributed by atoms with Gasteiger partial charge >= 0.3 is 12.2 Å². The molecule has 0 aromatic heterocycles. The molecule has 1 aromatic rings. The lowest BCUT2D eigenvalue weighted by atomic mass is 10.2. The third-order valence-electron chi connectivity index (χ3n) is 1.33. The molecule has 82 valence electrons. The van der Waals surface area contributed by atoms with Gasteiger partial charge < -0.3 is 10.2 Å². The Morgan fingerprint density at radius 1 is 1.40 bits per heavy atom. The molecule has 0 aliphatic heterocycles. The number of benzene rings is 1. The molecular formula is C9H11NO5. The van der Waals surface area contributed by atoms with E-state index in [2.05, 4.69) is 0 Å². The topological polar surface area (TPSA) is 101 Å². The summed E-state index contributed by atoms with van der Waals surface area (Å²) in [4.78, 5) is 18.7. The third kappa shape index (κ3) is 6.17. The lowest BCUT2D eigenvalue weighted by Crippen LogP contribution is -2.12. The maximum Gasteiger partial charge on any atom is 0.335 e. The molecular weight excluding hydrogens is 202 g/mol. The zero-order valence-electron chi connectivity index (χ0n) is 8.03. The van der Waals surface area contributed by atoms with E-state index in [0.29, 0.717) is 5.56 Å². The molecule has 0 radical (unpaired) electrons. The van der Waals surface area contributed by atoms with Crippen LogP contribution in [0.3, 0.4) is 0 Å². The first-order valence-corrected chi connectivity index (χ1v) is 4.05. The Morgan fingerprint density at radius 2 is 1.80 bits per heavy atom. The van der Waals surface area contributed by atoms with E-state index < -0.39 is 17.1 Å². The number of carbonyl (C=O) groups is 1. The molecule has 1 rings (SSSR count). The van der Waals surface area contributed by atoms with Crippen molar-refractivity contribution < 1.29 is 19.9 Å². The fourth-order valence-electron chi connectivity index (χ4n) is 0.581. The lowest BCUT2D eigenvalue weighted by molar-refractivity contribution is -0.565. The SMILES string of the molecule is CC(O)[N+](=O)[O-].O=C(O)c1ccccc1. The van der Waals surface area contributed by atoms with Crippen molar-refractivity contribution in [3.8, 4) is 0 Å². The summed E-state index contributed by atoms with van der Waals surface area (Å²) in [6.07, 6.45) is -1.43. The van der Waals surface area contributed by atoms with Crippen molar-refractivity contribution in [2.45, 2.75) is 13.2 Å². The molecule has 0 saturated carbocycles. The molecule has 0 aliphatic carbocycles. The van der Waals surface area contributed by atoms with Crippen LogP contribution in [0.15, 0.2) is 30.3 Å². The Hall–Kier alpha value is -1.95. The van der Waals surface area contributed by atoms with E-state index in [4.69, 9.17) is 10.2 Å². The molecule has 0 heterocycles. The highest BCUT2D eigenvalue weighted by Crippen LogP contribution is 1.96. The maximum atomic E-state index is 10.2. The van der Waals surface area contributed by atoms with E-state index in [-0.39, 0.29) is 0 Å². The minimum atomic E-state index is -1.43. The predicted octanol–water partition coefficient (Wildman–Crippen LogP) is 0.986. The summed E-state index contributed by atoms with van der Waals surface area (Å²) in [5.41, 5.74) is 0.331. The number of carboxylic acid groups (broad SMARTS) is 1. The Labute approximate surface area is 85.9 Å². The highest BCUT2D eigenvalue weighted by Gasteiger charge is 2.01. The first-order chi connectivity index (χ1) is 6.95. The van der Waals surface area contributed by atoms with Crippen LogP contribution in [-0.2, 0) is 0 Å². The van der Waals surface area contributed by atoms with Crippen LogP contribution in [0, 0.1) is 10.1 Å². The predicted molar refractivity (Wildman–Crippen MR) is 52.1 cm³/mol. The van der Waals surface area contributed by atoms with Gasteiger partial charge in [0.1, 0.15) is 0 Å². The van der Waals surface area contributed by atoms with Crippen molar-refractivity contribution in [1.82, 2.24) is 0 Å². The molecule has 1 unspecified atom stereocenters. The largest absolute Gasteiger partial charge is 0.478 e. The molecule has 0 saturated heterocycles. The number of nitrogens with zero attached hydrogens (tertiary/aromatic N) is 1. The summed E-state index contributed by atoms with van der Waals surface area (Å²) in [5.74, 6) is -0.879. The molecule has 15 heavy (non-hydrogen) atoms. The standard InChI is InChI=1S/C7H6O2.C2H5NO3/c8-7(9)6-4-2-1-3-5-6;1-2(4)3(5)6/h1-5H,(H,8,9);2,4H,1H3. The molecule has 1 aromatic carbocycles. The van der Waals surface area contributed by atoms with E-state index in [1.54, 1.807) is 30.3 Å². The monoisotopic (exact) mass is 213 g/mol. The smallest absolute Gasteiger partial charge is 0.335 e. The number of hydrogen-bond donors (Lipinski definition) is 2. The number of aromatic carboxylic acids is 1. The summed E-state index contributed by atoms with van der Waals surface area (Å²) in [5, 5.41) is 25.6. The van der Waals surface area contributed by atoms with E-state index in [1.807, 2.05) is 0 Å². The highest BCUT2D eigenvalue weighted by molar-refractivity contribution is 5.87. The van der Waals surface area contributed by atoms with E-state index >= 15 is 0 Å². The van der Waals surface area contributed by atoms with Crippen LogP contribution >= 0.6 is 0 Å². The lowest BCUT2D eigenvalue weighted by Gasteiger charge is -1.88. The van der Waals surface area contributed by atoms with E-state index in [9.17, 15) is 14.9 Å². The molecule has 6 nitrogen and oxygen atoms in total. The van der Waals surface area contributed by atoms with Crippen molar-refractivity contribution in [3.05, 3.63) is 46.0 Å². The maximum absolute atomic E-state index is 10.2. The summed E-state index contributed by atoms with van der Waals surface area (Å²) in [6, 6.07) is 8.30. The Bertz CT molecular complexity index is 323. The van der Waals surface area contributed by atoms with Crippen LogP contribution in [0.25, 0.3) is 0 Å². The van der Waals surface area contributed by atoms with Gasteiger partial charge in [-0.2, -0.15) is 0 Å². The van der Waals surface area contributed by atoms with Crippen LogP contribution in [0.4, 0.5) is 0 Å². The number of carboxylic acids is 1. The molecule has 2 N–H and O–H groups in total. The second-order valence-corrected chi connectivity index (χ2v) is 2.59. The molecule has 0 amide bonds. The first kappa shape index (κ1) is 13.1. The normalized spacial score (nSPS) is 10.8. The van der Waals surface area contributed by atoms with Gasteiger partial charge in [-0.1, -0.05) is 18.2 Å². The summed E-state index contributed by atoms with van der Waals surface area (Å²) in [6.45, 7) is 1.10. The molecule has 0 bridgehead atoms. The van der Waals surface area contributed by atoms with Gasteiger partial charge in [0.25, 0.3) is 0 Å². The minimum absolute atomic E-state index is 0.331. The van der Waals surface area contributed by atoms with Gasteiger partial charge in [0, 0.05) is 6.92 Å². The summed E-state index contributed by atoms with van der Waals surface area (Å²) in [7, 11) is 0. The molecule has 0 aliphatic rings. The fourth-order valence-corrected chi connectivity index (χ4v) is 0.581. The van der Waals surface area contributed by atoms with E-state index in [0.717, 1.165) is 6.92 Å². The average molecular weight is 213 g/mol. The van der Waals surface area contributed by atoms with Crippen molar-refractivity contribution in [1.29, 1.82) is 0 Å². The second kappa shape index (κ2) is 6.50. The minimum Gasteiger partial charge on any atom is -0.478 e. The van der Waals surface area contributed by atoms with Crippen LogP contribution in [0.5, 0.6) is 0 Å². The van der Waals surface area contributed by atoms with Crippen molar-refractivity contribution in [3.63, 3.8) is 0 Å². The van der Waals surface area contributed by atoms with Gasteiger partial charge in [-0.15, -0.1) is 0 Å². The van der Waals surface area contributed by atoms with Gasteiger partial charge in [-0.3, -0.25) is 10.1 Å². The second-order valence-electron chi connectivity index (χ2n) is 2.59. The number of rotatable bonds is 2. The molecule has 6 heteroatoms. The Kier molecular flexibility index (Phi) is 5.65. The summed E-state index contributed by atoms with van der Waals surface area (Å²) < 4.78 is 0. The molecule has 1 atom stereocenters. The van der Waals surface area contributed by atoms with Gasteiger partial charge in [0.05, 0.1) is 10.5 Å². The molecule has 0 spiro atoms. The van der Waals surface area contributed by atoms with Crippen molar-refractivity contribution >= 4 is 5.97 Å². The summed E-state index contributed by atoms with van der Waals surface area (Å²) >= 11 is 0. The van der Waals surface area contributed by atoms with Crippen molar-refractivity contribution in [2.75, 3.05) is 0 Å². The highest BCUT2D eigenvalue weighted by atomic mass is 16.7. The van der Waals surface area contributed by atoms with Crippen molar-refractivity contribution in [2.24, 2.45) is 0 Å². The number of nitro groups is 1. The zero-order valence-corrected chi connectivity index (χ0v) is 8.03. The van der Waals surface area contributed by atoms with Gasteiger partial charge in [-0.05, 0) is 12.1 Å². The number of aliphatic hydroxyl groups is 1. The number of hydrogen-bond acceptors (Lipinski definition) is 4. The van der Waals surface area contributed by atoms with Gasteiger partial charge in [0.2, 0.25) is 0 Å². The quantitative estimate of drug-likeness (QED) is 0.433. The Balaban J connectivity index is 0.000000288. The van der Waals surface area contributed by atoms with Gasteiger partial charge in [0.15, 0.2) is 0 Å². The van der Waals surface area contributed by atoms with Crippen LogP contribution in [0.1, 0.15) is 17.3 Å². The zero-order chi connectivity index (χ0) is 11.8. The Morgan fingerprint density at radius 3 is 2.00 bits per heavy atom. The number of aliphatic hydroxyl groups excluding tert-OH is 1. The average Bonchev–Trinajstić information content (AvgIpc) is 2.20. The van der Waals surface area contributed by atoms with E-state index in [1.165, 1.54) is 0 Å². The fraction of sp³-hybridized carbons (Fsp3) is 0.222. The van der Waals surface area contributed by atoms with Gasteiger partial charge in [-0.25, -0.2) is 4.79 Å². The van der Waals surface area contributed by atoms with Crippen LogP contribution < -0.4 is 0 Å². The molecule has 0 fully saturated rings. The van der Waals surface area contributed by atoms with Crippen LogP contribution in [-0.4, -0.2) is 27.3 Å². The third-order valence-corrected chi connectivity index (χ3v) is 1.33. The first-order valence-electron chi connectivity index (χ1n) is 4.05.